The first-order valence-electron chi connectivity index (χ1n) is 6.08. The van der Waals surface area contributed by atoms with Gasteiger partial charge in [0.2, 0.25) is 0 Å². The summed E-state index contributed by atoms with van der Waals surface area (Å²) < 4.78 is 11.0. The smallest absolute Gasteiger partial charge is 0.123 e. The Kier molecular flexibility index (Phi) is 4.45. The Morgan fingerprint density at radius 2 is 2.33 bits per heavy atom. The van der Waals surface area contributed by atoms with Gasteiger partial charge in [-0.2, -0.15) is 0 Å². The maximum absolute atomic E-state index is 6.06. The normalized spacial score (nSPS) is 25.1. The van der Waals surface area contributed by atoms with Crippen molar-refractivity contribution in [3.63, 3.8) is 0 Å². The standard InChI is InChI=1S/C13H19ClN2O2/c1-8-10(5-6-18-8)13(16-15)11-7-9(14)3-4-12(11)17-2/h3-4,7-8,10,13,16H,5-6,15H2,1-2H3. The number of hydrogen-bond acceptors (Lipinski definition) is 4. The van der Waals surface area contributed by atoms with Crippen molar-refractivity contribution < 1.29 is 9.47 Å². The molecule has 0 bridgehead atoms. The third kappa shape index (κ3) is 2.62. The fraction of sp³-hybridized carbons (Fsp3) is 0.538. The molecular weight excluding hydrogens is 252 g/mol. The number of nitrogens with two attached hydrogens (primary N) is 1. The summed E-state index contributed by atoms with van der Waals surface area (Å²) in [5.74, 6) is 6.83. The van der Waals surface area contributed by atoms with Crippen LogP contribution in [0.15, 0.2) is 18.2 Å². The van der Waals surface area contributed by atoms with Crippen LogP contribution in [0.1, 0.15) is 24.9 Å². The van der Waals surface area contributed by atoms with Gasteiger partial charge in [0, 0.05) is 23.1 Å². The van der Waals surface area contributed by atoms with Gasteiger partial charge >= 0.3 is 0 Å². The minimum absolute atomic E-state index is 0.0175. The van der Waals surface area contributed by atoms with Gasteiger partial charge in [-0.3, -0.25) is 11.3 Å². The van der Waals surface area contributed by atoms with Crippen LogP contribution in [0, 0.1) is 5.92 Å². The molecule has 2 rings (SSSR count). The Morgan fingerprint density at radius 1 is 1.56 bits per heavy atom. The molecule has 0 saturated carbocycles. The first-order chi connectivity index (χ1) is 8.67. The molecule has 3 unspecified atom stereocenters. The van der Waals surface area contributed by atoms with Gasteiger partial charge < -0.3 is 9.47 Å². The Balaban J connectivity index is 2.34. The number of benzene rings is 1. The van der Waals surface area contributed by atoms with E-state index in [1.54, 1.807) is 7.11 Å². The first kappa shape index (κ1) is 13.6. The molecule has 1 fully saturated rings. The van der Waals surface area contributed by atoms with Gasteiger partial charge in [-0.25, -0.2) is 0 Å². The van der Waals surface area contributed by atoms with E-state index in [9.17, 15) is 0 Å². The molecule has 1 aromatic rings. The Bertz CT molecular complexity index is 414. The number of hydrogen-bond donors (Lipinski definition) is 2. The summed E-state index contributed by atoms with van der Waals surface area (Å²) in [7, 11) is 1.65. The maximum atomic E-state index is 6.06. The van der Waals surface area contributed by atoms with E-state index < -0.39 is 0 Å². The van der Waals surface area contributed by atoms with Crippen LogP contribution in [0.5, 0.6) is 5.75 Å². The van der Waals surface area contributed by atoms with E-state index in [2.05, 4.69) is 12.3 Å². The first-order valence-corrected chi connectivity index (χ1v) is 6.46. The molecule has 18 heavy (non-hydrogen) atoms. The summed E-state index contributed by atoms with van der Waals surface area (Å²) in [5, 5.41) is 0.678. The third-order valence-electron chi connectivity index (χ3n) is 3.57. The lowest BCUT2D eigenvalue weighted by molar-refractivity contribution is 0.0950. The van der Waals surface area contributed by atoms with E-state index >= 15 is 0 Å². The van der Waals surface area contributed by atoms with Crippen LogP contribution in [0.25, 0.3) is 0 Å². The minimum Gasteiger partial charge on any atom is -0.496 e. The van der Waals surface area contributed by atoms with Crippen molar-refractivity contribution in [3.8, 4) is 5.75 Å². The van der Waals surface area contributed by atoms with Crippen LogP contribution in [-0.4, -0.2) is 19.8 Å². The van der Waals surface area contributed by atoms with E-state index in [1.165, 1.54) is 0 Å². The highest BCUT2D eigenvalue weighted by Gasteiger charge is 2.33. The molecule has 3 atom stereocenters. The summed E-state index contributed by atoms with van der Waals surface area (Å²) in [4.78, 5) is 0. The summed E-state index contributed by atoms with van der Waals surface area (Å²) in [6, 6.07) is 5.56. The van der Waals surface area contributed by atoms with Crippen molar-refractivity contribution in [1.29, 1.82) is 0 Å². The number of nitrogens with one attached hydrogen (secondary N) is 1. The number of halogens is 1. The number of hydrazine groups is 1. The second kappa shape index (κ2) is 5.89. The Hall–Kier alpha value is -0.810. The average Bonchev–Trinajstić information content (AvgIpc) is 2.77. The summed E-state index contributed by atoms with van der Waals surface area (Å²) >= 11 is 6.06. The van der Waals surface area contributed by atoms with Crippen molar-refractivity contribution in [3.05, 3.63) is 28.8 Å². The van der Waals surface area contributed by atoms with Gasteiger partial charge in [0.05, 0.1) is 19.3 Å². The monoisotopic (exact) mass is 270 g/mol. The van der Waals surface area contributed by atoms with Gasteiger partial charge in [-0.05, 0) is 31.5 Å². The maximum Gasteiger partial charge on any atom is 0.123 e. The van der Waals surface area contributed by atoms with Crippen molar-refractivity contribution in [2.45, 2.75) is 25.5 Å². The highest BCUT2D eigenvalue weighted by atomic mass is 35.5. The SMILES string of the molecule is COc1ccc(Cl)cc1C(NN)C1CCOC1C. The molecule has 5 heteroatoms. The lowest BCUT2D eigenvalue weighted by atomic mass is 9.88. The van der Waals surface area contributed by atoms with Crippen molar-refractivity contribution >= 4 is 11.6 Å². The third-order valence-corrected chi connectivity index (χ3v) is 3.80. The van der Waals surface area contributed by atoms with Crippen molar-refractivity contribution in [1.82, 2.24) is 5.43 Å². The minimum atomic E-state index is -0.0175. The quantitative estimate of drug-likeness (QED) is 0.651. The number of ether oxygens (including phenoxy) is 2. The van der Waals surface area contributed by atoms with E-state index in [0.29, 0.717) is 10.9 Å². The van der Waals surface area contributed by atoms with Gasteiger partial charge in [-0.1, -0.05) is 11.6 Å². The molecule has 1 aliphatic heterocycles. The topological polar surface area (TPSA) is 56.5 Å². The zero-order chi connectivity index (χ0) is 13.1. The van der Waals surface area contributed by atoms with Crippen LogP contribution < -0.4 is 16.0 Å². The molecule has 0 radical (unpaired) electrons. The number of methoxy groups -OCH3 is 1. The van der Waals surface area contributed by atoms with Crippen LogP contribution >= 0.6 is 11.6 Å². The predicted octanol–water partition coefficient (Wildman–Crippen LogP) is 2.28. The number of rotatable bonds is 4. The van der Waals surface area contributed by atoms with Crippen molar-refractivity contribution in [2.24, 2.45) is 11.8 Å². The Labute approximate surface area is 112 Å². The highest BCUT2D eigenvalue weighted by molar-refractivity contribution is 6.30. The predicted molar refractivity (Wildman–Crippen MR) is 71.6 cm³/mol. The van der Waals surface area contributed by atoms with Crippen LogP contribution in [0.3, 0.4) is 0 Å². The fourth-order valence-electron chi connectivity index (χ4n) is 2.58. The second-order valence-corrected chi connectivity index (χ2v) is 5.00. The fourth-order valence-corrected chi connectivity index (χ4v) is 2.76. The molecule has 4 nitrogen and oxygen atoms in total. The lowest BCUT2D eigenvalue weighted by Gasteiger charge is -2.27. The molecule has 0 amide bonds. The van der Waals surface area contributed by atoms with Gasteiger partial charge in [0.1, 0.15) is 5.75 Å². The molecule has 100 valence electrons. The molecule has 3 N–H and O–H groups in total. The average molecular weight is 271 g/mol. The molecule has 1 heterocycles. The largest absolute Gasteiger partial charge is 0.496 e. The highest BCUT2D eigenvalue weighted by Crippen LogP contribution is 2.37. The molecule has 1 saturated heterocycles. The zero-order valence-corrected chi connectivity index (χ0v) is 11.4. The van der Waals surface area contributed by atoms with Crippen LogP contribution in [-0.2, 0) is 4.74 Å². The molecule has 0 aliphatic carbocycles. The molecule has 1 aliphatic rings. The van der Waals surface area contributed by atoms with E-state index in [0.717, 1.165) is 24.3 Å². The molecule has 1 aromatic carbocycles. The van der Waals surface area contributed by atoms with Gasteiger partial charge in [0.25, 0.3) is 0 Å². The van der Waals surface area contributed by atoms with Gasteiger partial charge in [0.15, 0.2) is 0 Å². The van der Waals surface area contributed by atoms with Crippen molar-refractivity contribution in [2.75, 3.05) is 13.7 Å². The molecule has 0 spiro atoms. The van der Waals surface area contributed by atoms with Crippen LogP contribution in [0.4, 0.5) is 0 Å². The second-order valence-electron chi connectivity index (χ2n) is 4.56. The molecule has 0 aromatic heterocycles. The van der Waals surface area contributed by atoms with E-state index in [1.807, 2.05) is 18.2 Å². The summed E-state index contributed by atoms with van der Waals surface area (Å²) in [6.45, 7) is 2.84. The Morgan fingerprint density at radius 3 is 2.89 bits per heavy atom. The molecular formula is C13H19ClN2O2. The van der Waals surface area contributed by atoms with E-state index in [4.69, 9.17) is 26.9 Å². The summed E-state index contributed by atoms with van der Waals surface area (Å²) in [6.07, 6.45) is 1.15. The zero-order valence-electron chi connectivity index (χ0n) is 10.7. The van der Waals surface area contributed by atoms with Gasteiger partial charge in [-0.15, -0.1) is 0 Å². The summed E-state index contributed by atoms with van der Waals surface area (Å²) in [5.41, 5.74) is 3.86. The lowest BCUT2D eigenvalue weighted by Crippen LogP contribution is -2.36. The van der Waals surface area contributed by atoms with Crippen LogP contribution in [0.2, 0.25) is 5.02 Å². The van der Waals surface area contributed by atoms with E-state index in [-0.39, 0.29) is 12.1 Å².